The lowest BCUT2D eigenvalue weighted by atomic mass is 10.3. The number of methoxy groups -OCH3 is 1. The van der Waals surface area contributed by atoms with Gasteiger partial charge in [-0.15, -0.1) is 0 Å². The van der Waals surface area contributed by atoms with E-state index in [-0.39, 0.29) is 23.9 Å². The van der Waals surface area contributed by atoms with Gasteiger partial charge in [0.05, 0.1) is 36.6 Å². The van der Waals surface area contributed by atoms with Gasteiger partial charge in [0, 0.05) is 13.7 Å². The first-order valence-electron chi connectivity index (χ1n) is 5.57. The summed E-state index contributed by atoms with van der Waals surface area (Å²) in [5.74, 6) is -0.522. The molecule has 0 heterocycles. The predicted octanol–water partition coefficient (Wildman–Crippen LogP) is 1.91. The van der Waals surface area contributed by atoms with Crippen molar-refractivity contribution in [1.82, 2.24) is 0 Å². The largest absolute Gasteiger partial charge is 0.389 e. The normalized spacial score (nSPS) is 12.4. The van der Waals surface area contributed by atoms with Crippen LogP contribution in [0.2, 0.25) is 5.02 Å². The number of rotatable bonds is 8. The van der Waals surface area contributed by atoms with Gasteiger partial charge in [-0.25, -0.2) is 4.39 Å². The van der Waals surface area contributed by atoms with Crippen LogP contribution in [0.5, 0.6) is 0 Å². The Bertz CT molecular complexity index is 365. The van der Waals surface area contributed by atoms with E-state index in [1.807, 2.05) is 0 Å². The summed E-state index contributed by atoms with van der Waals surface area (Å²) >= 11 is 5.63. The van der Waals surface area contributed by atoms with E-state index < -0.39 is 11.9 Å². The topological polar surface area (TPSA) is 50.7 Å². The SMILES string of the molecule is COCCOCC(O)CNc1cccc(Cl)c1F. The van der Waals surface area contributed by atoms with Crippen molar-refractivity contribution >= 4 is 17.3 Å². The van der Waals surface area contributed by atoms with Crippen LogP contribution in [-0.2, 0) is 9.47 Å². The molecule has 102 valence electrons. The van der Waals surface area contributed by atoms with Crippen LogP contribution in [0.25, 0.3) is 0 Å². The molecule has 1 atom stereocenters. The summed E-state index contributed by atoms with van der Waals surface area (Å²) < 4.78 is 23.4. The van der Waals surface area contributed by atoms with Crippen LogP contribution in [0.15, 0.2) is 18.2 Å². The van der Waals surface area contributed by atoms with Crippen LogP contribution in [0.4, 0.5) is 10.1 Å². The van der Waals surface area contributed by atoms with Crippen molar-refractivity contribution in [3.05, 3.63) is 29.0 Å². The van der Waals surface area contributed by atoms with Crippen LogP contribution in [0, 0.1) is 5.82 Å². The summed E-state index contributed by atoms with van der Waals surface area (Å²) in [6.45, 7) is 1.24. The molecule has 4 nitrogen and oxygen atoms in total. The summed E-state index contributed by atoms with van der Waals surface area (Å²) in [6, 6.07) is 4.65. The van der Waals surface area contributed by atoms with Crippen molar-refractivity contribution in [1.29, 1.82) is 0 Å². The highest BCUT2D eigenvalue weighted by Gasteiger charge is 2.08. The van der Waals surface area contributed by atoms with Crippen LogP contribution >= 0.6 is 11.6 Å². The Hall–Kier alpha value is -0.880. The number of aliphatic hydroxyl groups is 1. The molecule has 1 aromatic rings. The Kier molecular flexibility index (Phi) is 6.97. The minimum atomic E-state index is -0.722. The van der Waals surface area contributed by atoms with Crippen molar-refractivity contribution in [3.8, 4) is 0 Å². The Morgan fingerprint density at radius 1 is 1.44 bits per heavy atom. The zero-order valence-electron chi connectivity index (χ0n) is 10.2. The average Bonchev–Trinajstić information content (AvgIpc) is 2.36. The minimum absolute atomic E-state index is 0.0471. The third kappa shape index (κ3) is 5.18. The van der Waals surface area contributed by atoms with E-state index in [9.17, 15) is 9.50 Å². The molecular weight excluding hydrogens is 261 g/mol. The number of hydrogen-bond acceptors (Lipinski definition) is 4. The first kappa shape index (κ1) is 15.2. The van der Waals surface area contributed by atoms with Crippen molar-refractivity contribution in [2.75, 3.05) is 38.8 Å². The third-order valence-electron chi connectivity index (χ3n) is 2.22. The zero-order chi connectivity index (χ0) is 13.4. The summed E-state index contributed by atoms with van der Waals surface area (Å²) in [5, 5.41) is 12.4. The molecule has 1 aromatic carbocycles. The molecule has 0 spiro atoms. The molecule has 1 unspecified atom stereocenters. The van der Waals surface area contributed by atoms with Crippen LogP contribution < -0.4 is 5.32 Å². The first-order valence-corrected chi connectivity index (χ1v) is 5.95. The summed E-state index contributed by atoms with van der Waals surface area (Å²) in [6.07, 6.45) is -0.722. The molecule has 0 aliphatic rings. The molecule has 1 rings (SSSR count). The molecule has 0 amide bonds. The predicted molar refractivity (Wildman–Crippen MR) is 68.6 cm³/mol. The number of benzene rings is 1. The highest BCUT2D eigenvalue weighted by molar-refractivity contribution is 6.31. The van der Waals surface area contributed by atoms with E-state index in [2.05, 4.69) is 5.32 Å². The number of aliphatic hydroxyl groups excluding tert-OH is 1. The zero-order valence-corrected chi connectivity index (χ0v) is 10.9. The molecule has 0 fully saturated rings. The van der Waals surface area contributed by atoms with Gasteiger partial charge in [-0.3, -0.25) is 0 Å². The summed E-state index contributed by atoms with van der Waals surface area (Å²) in [4.78, 5) is 0. The number of ether oxygens (including phenoxy) is 2. The van der Waals surface area contributed by atoms with Gasteiger partial charge in [-0.1, -0.05) is 17.7 Å². The maximum Gasteiger partial charge on any atom is 0.164 e. The van der Waals surface area contributed by atoms with Gasteiger partial charge in [0.15, 0.2) is 5.82 Å². The number of hydrogen-bond donors (Lipinski definition) is 2. The summed E-state index contributed by atoms with van der Waals surface area (Å²) in [7, 11) is 1.57. The standard InChI is InChI=1S/C12H17ClFNO3/c1-17-5-6-18-8-9(16)7-15-11-4-2-3-10(13)12(11)14/h2-4,9,15-16H,5-8H2,1H3. The Morgan fingerprint density at radius 2 is 2.22 bits per heavy atom. The van der Waals surface area contributed by atoms with Crippen molar-refractivity contribution in [2.45, 2.75) is 6.10 Å². The van der Waals surface area contributed by atoms with Crippen molar-refractivity contribution in [2.24, 2.45) is 0 Å². The molecule has 0 aliphatic carbocycles. The first-order chi connectivity index (χ1) is 8.65. The molecule has 0 bridgehead atoms. The smallest absolute Gasteiger partial charge is 0.164 e. The van der Waals surface area contributed by atoms with E-state index in [1.165, 1.54) is 6.07 Å². The molecule has 6 heteroatoms. The fraction of sp³-hybridized carbons (Fsp3) is 0.500. The van der Waals surface area contributed by atoms with E-state index in [0.717, 1.165) is 0 Å². The molecule has 0 saturated carbocycles. The van der Waals surface area contributed by atoms with Crippen molar-refractivity contribution < 1.29 is 19.0 Å². The Labute approximate surface area is 111 Å². The van der Waals surface area contributed by atoms with Gasteiger partial charge in [-0.05, 0) is 12.1 Å². The number of anilines is 1. The van der Waals surface area contributed by atoms with E-state index in [0.29, 0.717) is 13.2 Å². The van der Waals surface area contributed by atoms with Crippen LogP contribution in [0.3, 0.4) is 0 Å². The molecular formula is C12H17ClFNO3. The van der Waals surface area contributed by atoms with Gasteiger partial charge in [0.2, 0.25) is 0 Å². The number of halogens is 2. The quantitative estimate of drug-likeness (QED) is 0.713. The lowest BCUT2D eigenvalue weighted by molar-refractivity contribution is 0.0182. The molecule has 0 saturated heterocycles. The second kappa shape index (κ2) is 8.26. The molecule has 0 aliphatic heterocycles. The second-order valence-electron chi connectivity index (χ2n) is 3.70. The minimum Gasteiger partial charge on any atom is -0.389 e. The van der Waals surface area contributed by atoms with E-state index >= 15 is 0 Å². The van der Waals surface area contributed by atoms with Gasteiger partial charge in [-0.2, -0.15) is 0 Å². The Morgan fingerprint density at radius 3 is 2.94 bits per heavy atom. The van der Waals surface area contributed by atoms with Crippen LogP contribution in [-0.4, -0.2) is 44.7 Å². The van der Waals surface area contributed by atoms with Gasteiger partial charge in [0.25, 0.3) is 0 Å². The molecule has 18 heavy (non-hydrogen) atoms. The van der Waals surface area contributed by atoms with Gasteiger partial charge < -0.3 is 19.9 Å². The maximum atomic E-state index is 13.5. The van der Waals surface area contributed by atoms with Crippen LogP contribution in [0.1, 0.15) is 0 Å². The highest BCUT2D eigenvalue weighted by Crippen LogP contribution is 2.21. The second-order valence-corrected chi connectivity index (χ2v) is 4.11. The van der Waals surface area contributed by atoms with Crippen molar-refractivity contribution in [3.63, 3.8) is 0 Å². The lowest BCUT2D eigenvalue weighted by Gasteiger charge is -2.13. The average molecular weight is 278 g/mol. The van der Waals surface area contributed by atoms with E-state index in [4.69, 9.17) is 21.1 Å². The maximum absolute atomic E-state index is 13.5. The van der Waals surface area contributed by atoms with Gasteiger partial charge >= 0.3 is 0 Å². The third-order valence-corrected chi connectivity index (χ3v) is 2.51. The van der Waals surface area contributed by atoms with E-state index in [1.54, 1.807) is 19.2 Å². The number of nitrogens with one attached hydrogen (secondary N) is 1. The lowest BCUT2D eigenvalue weighted by Crippen LogP contribution is -2.25. The fourth-order valence-corrected chi connectivity index (χ4v) is 1.46. The molecule has 0 aromatic heterocycles. The fourth-order valence-electron chi connectivity index (χ4n) is 1.29. The summed E-state index contributed by atoms with van der Waals surface area (Å²) in [5.41, 5.74) is 0.262. The molecule has 0 radical (unpaired) electrons. The Balaban J connectivity index is 2.29. The van der Waals surface area contributed by atoms with Gasteiger partial charge in [0.1, 0.15) is 0 Å². The monoisotopic (exact) mass is 277 g/mol. The highest BCUT2D eigenvalue weighted by atomic mass is 35.5. The molecule has 2 N–H and O–H groups in total.